The maximum absolute atomic E-state index is 9.01. The third-order valence-corrected chi connectivity index (χ3v) is 4.04. The summed E-state index contributed by atoms with van der Waals surface area (Å²) in [5.41, 5.74) is 2.03. The standard InChI is InChI=1S/C16H21N3O2/c20-11-13-8-6-12(7-9-13)10-17-16-19-18-15(21-16)14-4-2-1-3-5-14/h6-9,14,20H,1-5,10-11H2,(H,17,19). The van der Waals surface area contributed by atoms with Crippen LogP contribution in [0.25, 0.3) is 0 Å². The van der Waals surface area contributed by atoms with Crippen molar-refractivity contribution in [2.75, 3.05) is 5.32 Å². The maximum atomic E-state index is 9.01. The molecule has 112 valence electrons. The monoisotopic (exact) mass is 287 g/mol. The molecule has 2 aromatic rings. The lowest BCUT2D eigenvalue weighted by atomic mass is 9.89. The van der Waals surface area contributed by atoms with Gasteiger partial charge in [-0.2, -0.15) is 0 Å². The number of aromatic nitrogens is 2. The van der Waals surface area contributed by atoms with Crippen LogP contribution in [0, 0.1) is 0 Å². The van der Waals surface area contributed by atoms with Crippen molar-refractivity contribution in [2.45, 2.75) is 51.2 Å². The van der Waals surface area contributed by atoms with Gasteiger partial charge in [0.25, 0.3) is 0 Å². The summed E-state index contributed by atoms with van der Waals surface area (Å²) in [4.78, 5) is 0. The number of hydrogen-bond acceptors (Lipinski definition) is 5. The summed E-state index contributed by atoms with van der Waals surface area (Å²) < 4.78 is 5.72. The molecule has 1 heterocycles. The smallest absolute Gasteiger partial charge is 0.315 e. The van der Waals surface area contributed by atoms with Crippen LogP contribution in [-0.4, -0.2) is 15.3 Å². The van der Waals surface area contributed by atoms with Crippen molar-refractivity contribution in [1.82, 2.24) is 10.2 Å². The highest BCUT2D eigenvalue weighted by atomic mass is 16.4. The molecule has 0 amide bonds. The largest absolute Gasteiger partial charge is 0.408 e. The highest BCUT2D eigenvalue weighted by molar-refractivity contribution is 5.26. The maximum Gasteiger partial charge on any atom is 0.315 e. The number of nitrogens with one attached hydrogen (secondary N) is 1. The van der Waals surface area contributed by atoms with E-state index in [0.29, 0.717) is 18.5 Å². The summed E-state index contributed by atoms with van der Waals surface area (Å²) in [7, 11) is 0. The Bertz CT molecular complexity index is 559. The molecule has 1 aromatic heterocycles. The number of aliphatic hydroxyl groups excluding tert-OH is 1. The second-order valence-electron chi connectivity index (χ2n) is 5.61. The van der Waals surface area contributed by atoms with Crippen LogP contribution in [0.1, 0.15) is 55.0 Å². The van der Waals surface area contributed by atoms with Crippen molar-refractivity contribution in [1.29, 1.82) is 0 Å². The lowest BCUT2D eigenvalue weighted by molar-refractivity contribution is 0.282. The minimum absolute atomic E-state index is 0.0715. The minimum Gasteiger partial charge on any atom is -0.408 e. The summed E-state index contributed by atoms with van der Waals surface area (Å²) in [6.07, 6.45) is 6.15. The van der Waals surface area contributed by atoms with E-state index in [0.717, 1.165) is 29.9 Å². The molecule has 1 aliphatic rings. The molecule has 2 N–H and O–H groups in total. The van der Waals surface area contributed by atoms with Crippen LogP contribution in [0.3, 0.4) is 0 Å². The fourth-order valence-electron chi connectivity index (χ4n) is 2.76. The molecule has 1 aliphatic carbocycles. The normalized spacial score (nSPS) is 16.0. The van der Waals surface area contributed by atoms with E-state index in [1.165, 1.54) is 19.3 Å². The van der Waals surface area contributed by atoms with Crippen LogP contribution in [0.15, 0.2) is 28.7 Å². The van der Waals surface area contributed by atoms with E-state index < -0.39 is 0 Å². The Hall–Kier alpha value is -1.88. The van der Waals surface area contributed by atoms with Crippen molar-refractivity contribution in [3.05, 3.63) is 41.3 Å². The molecule has 0 radical (unpaired) electrons. The van der Waals surface area contributed by atoms with Gasteiger partial charge in [0.2, 0.25) is 5.89 Å². The molecule has 1 fully saturated rings. The molecule has 3 rings (SSSR count). The molecular weight excluding hydrogens is 266 g/mol. The van der Waals surface area contributed by atoms with Crippen molar-refractivity contribution in [3.8, 4) is 0 Å². The fraction of sp³-hybridized carbons (Fsp3) is 0.500. The first kappa shape index (κ1) is 14.1. The Balaban J connectivity index is 1.56. The molecule has 5 heteroatoms. The lowest BCUT2D eigenvalue weighted by Crippen LogP contribution is -2.04. The first-order valence-electron chi connectivity index (χ1n) is 7.61. The van der Waals surface area contributed by atoms with Crippen molar-refractivity contribution in [2.24, 2.45) is 0 Å². The molecule has 0 atom stereocenters. The highest BCUT2D eigenvalue weighted by Gasteiger charge is 2.21. The van der Waals surface area contributed by atoms with Gasteiger partial charge in [0, 0.05) is 12.5 Å². The Labute approximate surface area is 124 Å². The number of rotatable bonds is 5. The van der Waals surface area contributed by atoms with Gasteiger partial charge < -0.3 is 14.8 Å². The summed E-state index contributed by atoms with van der Waals surface area (Å²) in [6, 6.07) is 8.28. The van der Waals surface area contributed by atoms with Gasteiger partial charge in [-0.05, 0) is 24.0 Å². The zero-order valence-corrected chi connectivity index (χ0v) is 12.1. The summed E-state index contributed by atoms with van der Waals surface area (Å²) in [6.45, 7) is 0.708. The van der Waals surface area contributed by atoms with Gasteiger partial charge in [-0.3, -0.25) is 0 Å². The van der Waals surface area contributed by atoms with E-state index in [9.17, 15) is 0 Å². The number of anilines is 1. The number of nitrogens with zero attached hydrogens (tertiary/aromatic N) is 2. The first-order valence-corrected chi connectivity index (χ1v) is 7.61. The van der Waals surface area contributed by atoms with Gasteiger partial charge in [0.15, 0.2) is 0 Å². The van der Waals surface area contributed by atoms with Crippen LogP contribution >= 0.6 is 0 Å². The Morgan fingerprint density at radius 2 is 1.76 bits per heavy atom. The Morgan fingerprint density at radius 3 is 2.48 bits per heavy atom. The fourth-order valence-corrected chi connectivity index (χ4v) is 2.76. The second kappa shape index (κ2) is 6.72. The van der Waals surface area contributed by atoms with Crippen LogP contribution in [0.5, 0.6) is 0 Å². The van der Waals surface area contributed by atoms with E-state index in [1.807, 2.05) is 24.3 Å². The van der Waals surface area contributed by atoms with Gasteiger partial charge in [-0.25, -0.2) is 0 Å². The first-order chi connectivity index (χ1) is 10.3. The molecule has 5 nitrogen and oxygen atoms in total. The predicted octanol–water partition coefficient (Wildman–Crippen LogP) is 3.22. The molecule has 0 aliphatic heterocycles. The molecule has 1 aromatic carbocycles. The zero-order valence-electron chi connectivity index (χ0n) is 12.1. The number of aliphatic hydroxyl groups is 1. The summed E-state index contributed by atoms with van der Waals surface area (Å²) in [5.74, 6) is 1.21. The number of benzene rings is 1. The summed E-state index contributed by atoms with van der Waals surface area (Å²) in [5, 5.41) is 20.4. The topological polar surface area (TPSA) is 71.2 Å². The molecule has 0 spiro atoms. The predicted molar refractivity (Wildman–Crippen MR) is 79.8 cm³/mol. The minimum atomic E-state index is 0.0715. The van der Waals surface area contributed by atoms with Gasteiger partial charge >= 0.3 is 6.01 Å². The van der Waals surface area contributed by atoms with Crippen molar-refractivity contribution < 1.29 is 9.52 Å². The van der Waals surface area contributed by atoms with Crippen molar-refractivity contribution in [3.63, 3.8) is 0 Å². The van der Waals surface area contributed by atoms with Crippen LogP contribution in [0.4, 0.5) is 6.01 Å². The molecular formula is C16H21N3O2. The summed E-state index contributed by atoms with van der Waals surface area (Å²) >= 11 is 0. The quantitative estimate of drug-likeness (QED) is 0.883. The highest BCUT2D eigenvalue weighted by Crippen LogP contribution is 2.32. The molecule has 0 saturated heterocycles. The third-order valence-electron chi connectivity index (χ3n) is 4.04. The van der Waals surface area contributed by atoms with Crippen LogP contribution in [0.2, 0.25) is 0 Å². The van der Waals surface area contributed by atoms with E-state index in [4.69, 9.17) is 9.52 Å². The van der Waals surface area contributed by atoms with E-state index >= 15 is 0 Å². The van der Waals surface area contributed by atoms with Crippen LogP contribution in [-0.2, 0) is 13.2 Å². The number of hydrogen-bond donors (Lipinski definition) is 2. The lowest BCUT2D eigenvalue weighted by Gasteiger charge is -2.17. The van der Waals surface area contributed by atoms with Gasteiger partial charge in [-0.15, -0.1) is 5.10 Å². The molecule has 0 unspecified atom stereocenters. The van der Waals surface area contributed by atoms with E-state index in [1.54, 1.807) is 0 Å². The van der Waals surface area contributed by atoms with Crippen molar-refractivity contribution >= 4 is 6.01 Å². The Kier molecular flexibility index (Phi) is 4.50. The van der Waals surface area contributed by atoms with Crippen LogP contribution < -0.4 is 5.32 Å². The molecule has 21 heavy (non-hydrogen) atoms. The SMILES string of the molecule is OCc1ccc(CNc2nnc(C3CCCCC3)o2)cc1. The Morgan fingerprint density at radius 1 is 1.05 bits per heavy atom. The van der Waals surface area contributed by atoms with Gasteiger partial charge in [0.1, 0.15) is 0 Å². The van der Waals surface area contributed by atoms with E-state index in [2.05, 4.69) is 15.5 Å². The third kappa shape index (κ3) is 3.61. The average molecular weight is 287 g/mol. The second-order valence-corrected chi connectivity index (χ2v) is 5.61. The molecule has 0 bridgehead atoms. The zero-order chi connectivity index (χ0) is 14.5. The van der Waals surface area contributed by atoms with Gasteiger partial charge in [0.05, 0.1) is 6.61 Å². The molecule has 1 saturated carbocycles. The van der Waals surface area contributed by atoms with E-state index in [-0.39, 0.29) is 6.61 Å². The average Bonchev–Trinajstić information content (AvgIpc) is 3.03. The van der Waals surface area contributed by atoms with Gasteiger partial charge in [-0.1, -0.05) is 48.6 Å².